The Morgan fingerprint density at radius 2 is 2.06 bits per heavy atom. The van der Waals surface area contributed by atoms with Gasteiger partial charge in [-0.1, -0.05) is 29.8 Å². The van der Waals surface area contributed by atoms with E-state index >= 15 is 0 Å². The third-order valence-corrected chi connectivity index (χ3v) is 8.48. The van der Waals surface area contributed by atoms with E-state index < -0.39 is 15.1 Å². The number of rotatable bonds is 4. The molecule has 2 aliphatic heterocycles. The molecule has 0 atom stereocenters. The van der Waals surface area contributed by atoms with Crippen LogP contribution >= 0.6 is 11.6 Å². The number of anilines is 2. The summed E-state index contributed by atoms with van der Waals surface area (Å²) < 4.78 is 37.6. The van der Waals surface area contributed by atoms with E-state index in [0.29, 0.717) is 43.4 Å². The van der Waals surface area contributed by atoms with Crippen molar-refractivity contribution in [1.29, 1.82) is 0 Å². The maximum atomic E-state index is 13.4. The second-order valence-electron chi connectivity index (χ2n) is 7.64. The molecule has 31 heavy (non-hydrogen) atoms. The SMILES string of the molecule is COc1cc2c(cc1S(=O)(=O)C1CCOCC1)C=CCN2c1n[nH]c2c(Cl)cccc12. The highest BCUT2D eigenvalue weighted by Crippen LogP contribution is 2.42. The molecule has 0 aliphatic carbocycles. The molecule has 162 valence electrons. The van der Waals surface area contributed by atoms with Crippen LogP contribution in [0, 0.1) is 0 Å². The van der Waals surface area contributed by atoms with E-state index in [9.17, 15) is 8.42 Å². The number of fused-ring (bicyclic) bond motifs is 2. The number of sulfone groups is 1. The number of nitrogens with zero attached hydrogens (tertiary/aromatic N) is 2. The van der Waals surface area contributed by atoms with E-state index in [4.69, 9.17) is 21.1 Å². The van der Waals surface area contributed by atoms with Crippen molar-refractivity contribution in [2.45, 2.75) is 23.0 Å². The molecule has 2 aliphatic rings. The molecule has 9 heteroatoms. The smallest absolute Gasteiger partial charge is 0.185 e. The summed E-state index contributed by atoms with van der Waals surface area (Å²) in [6, 6.07) is 9.15. The average Bonchev–Trinajstić information content (AvgIpc) is 3.23. The molecule has 3 aromatic rings. The first-order chi connectivity index (χ1) is 15.0. The number of methoxy groups -OCH3 is 1. The molecule has 0 amide bonds. The van der Waals surface area contributed by atoms with Gasteiger partial charge in [-0.3, -0.25) is 5.10 Å². The Bertz CT molecular complexity index is 1280. The van der Waals surface area contributed by atoms with Crippen molar-refractivity contribution >= 4 is 49.9 Å². The molecule has 0 unspecified atom stereocenters. The monoisotopic (exact) mass is 459 g/mol. The first kappa shape index (κ1) is 20.4. The van der Waals surface area contributed by atoms with Gasteiger partial charge in [-0.2, -0.15) is 5.10 Å². The molecule has 5 rings (SSSR count). The molecule has 7 nitrogen and oxygen atoms in total. The summed E-state index contributed by atoms with van der Waals surface area (Å²) in [5.41, 5.74) is 2.40. The molecule has 1 saturated heterocycles. The Kier molecular flexibility index (Phi) is 5.16. The zero-order valence-electron chi connectivity index (χ0n) is 17.0. The van der Waals surface area contributed by atoms with Crippen molar-refractivity contribution in [3.05, 3.63) is 47.0 Å². The predicted molar refractivity (Wildman–Crippen MR) is 121 cm³/mol. The Morgan fingerprint density at radius 3 is 2.84 bits per heavy atom. The molecule has 2 aromatic carbocycles. The molecular weight excluding hydrogens is 438 g/mol. The second kappa shape index (κ2) is 7.85. The van der Waals surface area contributed by atoms with E-state index in [1.54, 1.807) is 12.1 Å². The summed E-state index contributed by atoms with van der Waals surface area (Å²) in [6.07, 6.45) is 4.91. The van der Waals surface area contributed by atoms with Crippen LogP contribution in [-0.4, -0.2) is 50.7 Å². The predicted octanol–water partition coefficient (Wildman–Crippen LogP) is 4.34. The number of hydrogen-bond donors (Lipinski definition) is 1. The van der Waals surface area contributed by atoms with Gasteiger partial charge in [-0.15, -0.1) is 0 Å². The lowest BCUT2D eigenvalue weighted by Gasteiger charge is -2.29. The zero-order chi connectivity index (χ0) is 21.6. The van der Waals surface area contributed by atoms with Crippen molar-refractivity contribution in [3.8, 4) is 5.75 Å². The van der Waals surface area contributed by atoms with Gasteiger partial charge in [-0.25, -0.2) is 8.42 Å². The highest BCUT2D eigenvalue weighted by molar-refractivity contribution is 7.92. The van der Waals surface area contributed by atoms with Crippen LogP contribution in [0.3, 0.4) is 0 Å². The van der Waals surface area contributed by atoms with Gasteiger partial charge in [0.05, 0.1) is 28.6 Å². The molecule has 0 bridgehead atoms. The maximum absolute atomic E-state index is 13.4. The first-order valence-corrected chi connectivity index (χ1v) is 12.0. The van der Waals surface area contributed by atoms with Crippen molar-refractivity contribution in [2.24, 2.45) is 0 Å². The van der Waals surface area contributed by atoms with E-state index in [1.165, 1.54) is 7.11 Å². The minimum atomic E-state index is -3.55. The minimum Gasteiger partial charge on any atom is -0.495 e. The third kappa shape index (κ3) is 3.39. The van der Waals surface area contributed by atoms with Crippen molar-refractivity contribution in [2.75, 3.05) is 31.8 Å². The zero-order valence-corrected chi connectivity index (χ0v) is 18.5. The van der Waals surface area contributed by atoms with Crippen LogP contribution in [0.4, 0.5) is 11.5 Å². The van der Waals surface area contributed by atoms with Crippen LogP contribution in [0.5, 0.6) is 5.75 Å². The highest BCUT2D eigenvalue weighted by atomic mass is 35.5. The summed E-state index contributed by atoms with van der Waals surface area (Å²) in [6.45, 7) is 1.51. The van der Waals surface area contributed by atoms with E-state index in [0.717, 1.165) is 28.0 Å². The molecule has 1 fully saturated rings. The topological polar surface area (TPSA) is 84.5 Å². The molecule has 0 radical (unpaired) electrons. The summed E-state index contributed by atoms with van der Waals surface area (Å²) in [5.74, 6) is 1.06. The summed E-state index contributed by atoms with van der Waals surface area (Å²) in [5, 5.41) is 8.52. The number of aromatic amines is 1. The van der Waals surface area contributed by atoms with Crippen molar-refractivity contribution in [1.82, 2.24) is 10.2 Å². The van der Waals surface area contributed by atoms with Gasteiger partial charge in [0, 0.05) is 31.2 Å². The fraction of sp³-hybridized carbons (Fsp3) is 0.318. The number of para-hydroxylation sites is 1. The number of halogens is 1. The number of ether oxygens (including phenoxy) is 2. The molecule has 3 heterocycles. The van der Waals surface area contributed by atoms with E-state index in [1.807, 2.05) is 35.3 Å². The fourth-order valence-electron chi connectivity index (χ4n) is 4.26. The lowest BCUT2D eigenvalue weighted by Crippen LogP contribution is -2.29. The standard InChI is InChI=1S/C22H22ClN3O4S/c1-29-19-13-18-14(12-20(19)31(27,28)15-7-10-30-11-8-15)4-3-9-26(18)22-16-5-2-6-17(23)21(16)24-25-22/h2-6,12-13,15H,7-11H2,1H3,(H,24,25). The second-order valence-corrected chi connectivity index (χ2v) is 10.2. The van der Waals surface area contributed by atoms with Crippen LogP contribution in [0.15, 0.2) is 41.3 Å². The van der Waals surface area contributed by atoms with Gasteiger partial charge >= 0.3 is 0 Å². The van der Waals surface area contributed by atoms with Crippen LogP contribution in [-0.2, 0) is 14.6 Å². The van der Waals surface area contributed by atoms with Crippen LogP contribution < -0.4 is 9.64 Å². The molecule has 0 saturated carbocycles. The van der Waals surface area contributed by atoms with Crippen molar-refractivity contribution in [3.63, 3.8) is 0 Å². The van der Waals surface area contributed by atoms with Gasteiger partial charge in [0.25, 0.3) is 0 Å². The molecular formula is C22H22ClN3O4S. The lowest BCUT2D eigenvalue weighted by molar-refractivity contribution is 0.0983. The molecule has 1 aromatic heterocycles. The first-order valence-electron chi connectivity index (χ1n) is 10.1. The number of hydrogen-bond acceptors (Lipinski definition) is 6. The normalized spacial score (nSPS) is 17.2. The van der Waals surface area contributed by atoms with Crippen molar-refractivity contribution < 1.29 is 17.9 Å². The largest absolute Gasteiger partial charge is 0.495 e. The highest BCUT2D eigenvalue weighted by Gasteiger charge is 2.33. The number of H-pyrrole nitrogens is 1. The van der Waals surface area contributed by atoms with Crippen LogP contribution in [0.2, 0.25) is 5.02 Å². The van der Waals surface area contributed by atoms with Gasteiger partial charge in [0.2, 0.25) is 0 Å². The maximum Gasteiger partial charge on any atom is 0.185 e. The Labute approximate surface area is 185 Å². The van der Waals surface area contributed by atoms with Gasteiger partial charge in [-0.05, 0) is 36.6 Å². The Hall–Kier alpha value is -2.55. The van der Waals surface area contributed by atoms with E-state index in [-0.39, 0.29) is 4.90 Å². The summed E-state index contributed by atoms with van der Waals surface area (Å²) in [4.78, 5) is 2.25. The van der Waals surface area contributed by atoms with E-state index in [2.05, 4.69) is 10.2 Å². The van der Waals surface area contributed by atoms with Crippen LogP contribution in [0.25, 0.3) is 17.0 Å². The van der Waals surface area contributed by atoms with Crippen LogP contribution in [0.1, 0.15) is 18.4 Å². The Morgan fingerprint density at radius 1 is 1.26 bits per heavy atom. The number of aromatic nitrogens is 2. The van der Waals surface area contributed by atoms with Gasteiger partial charge in [0.15, 0.2) is 15.7 Å². The summed E-state index contributed by atoms with van der Waals surface area (Å²) >= 11 is 6.30. The summed E-state index contributed by atoms with van der Waals surface area (Å²) in [7, 11) is -2.05. The van der Waals surface area contributed by atoms with Gasteiger partial charge < -0.3 is 14.4 Å². The Balaban J connectivity index is 1.62. The fourth-order valence-corrected chi connectivity index (χ4v) is 6.37. The third-order valence-electron chi connectivity index (χ3n) is 5.89. The van der Waals surface area contributed by atoms with Gasteiger partial charge in [0.1, 0.15) is 10.6 Å². The molecule has 1 N–H and O–H groups in total. The number of nitrogens with one attached hydrogen (secondary N) is 1. The average molecular weight is 460 g/mol. The number of benzene rings is 2. The quantitative estimate of drug-likeness (QED) is 0.624. The lowest BCUT2D eigenvalue weighted by atomic mass is 10.1. The molecule has 0 spiro atoms. The minimum absolute atomic E-state index is 0.224.